The Hall–Kier alpha value is -4.17. The quantitative estimate of drug-likeness (QED) is 0.316. The number of amides is 3. The molecule has 2 saturated heterocycles. The van der Waals surface area contributed by atoms with Gasteiger partial charge in [0.2, 0.25) is 11.9 Å². The summed E-state index contributed by atoms with van der Waals surface area (Å²) in [5.74, 6) is 1.28. The predicted molar refractivity (Wildman–Crippen MR) is 184 cm³/mol. The number of piperidine rings is 2. The van der Waals surface area contributed by atoms with Crippen molar-refractivity contribution < 1.29 is 33.7 Å². The van der Waals surface area contributed by atoms with Crippen molar-refractivity contribution in [1.29, 1.82) is 0 Å². The molecule has 0 unspecified atom stereocenters. The molecular weight excluding hydrogens is 630 g/mol. The van der Waals surface area contributed by atoms with Crippen LogP contribution in [-0.4, -0.2) is 113 Å². The van der Waals surface area contributed by atoms with E-state index in [0.29, 0.717) is 37.0 Å². The van der Waals surface area contributed by atoms with Crippen molar-refractivity contribution in [3.05, 3.63) is 41.1 Å². The number of aromatic nitrogens is 2. The number of ether oxygens (including phenoxy) is 3. The number of nitrogens with zero attached hydrogens (tertiary/aromatic N) is 5. The summed E-state index contributed by atoms with van der Waals surface area (Å²) in [5.41, 5.74) is 1.30. The van der Waals surface area contributed by atoms with Gasteiger partial charge in [0, 0.05) is 65.4 Å². The van der Waals surface area contributed by atoms with E-state index in [4.69, 9.17) is 19.2 Å². The Morgan fingerprint density at radius 1 is 1.02 bits per heavy atom. The van der Waals surface area contributed by atoms with Crippen LogP contribution in [0.5, 0.6) is 5.75 Å². The van der Waals surface area contributed by atoms with Gasteiger partial charge in [-0.3, -0.25) is 14.5 Å². The van der Waals surface area contributed by atoms with Gasteiger partial charge >= 0.3 is 6.09 Å². The highest BCUT2D eigenvalue weighted by molar-refractivity contribution is 5.93. The van der Waals surface area contributed by atoms with Crippen molar-refractivity contribution >= 4 is 29.7 Å². The van der Waals surface area contributed by atoms with E-state index >= 15 is 0 Å². The van der Waals surface area contributed by atoms with E-state index in [0.717, 1.165) is 56.3 Å². The van der Waals surface area contributed by atoms with Crippen LogP contribution < -0.4 is 20.3 Å². The molecule has 1 aromatic heterocycles. The Morgan fingerprint density at radius 2 is 1.76 bits per heavy atom. The van der Waals surface area contributed by atoms with Gasteiger partial charge in [0.15, 0.2) is 6.79 Å². The molecule has 4 heterocycles. The van der Waals surface area contributed by atoms with Gasteiger partial charge in [-0.25, -0.2) is 9.78 Å². The molecule has 3 aliphatic rings. The number of nitrogens with one attached hydrogen (secondary N) is 2. The van der Waals surface area contributed by atoms with Crippen LogP contribution in [0.3, 0.4) is 0 Å². The highest BCUT2D eigenvalue weighted by atomic mass is 16.7. The summed E-state index contributed by atoms with van der Waals surface area (Å²) < 4.78 is 16.3. The molecule has 2 atom stereocenters. The molecule has 5 rings (SSSR count). The van der Waals surface area contributed by atoms with Gasteiger partial charge in [0.25, 0.3) is 5.91 Å². The minimum absolute atomic E-state index is 0.0716. The van der Waals surface area contributed by atoms with E-state index < -0.39 is 29.7 Å². The number of aliphatic hydroxyl groups is 1. The summed E-state index contributed by atoms with van der Waals surface area (Å²) in [4.78, 5) is 53.7. The lowest BCUT2D eigenvalue weighted by atomic mass is 9.91. The molecule has 0 bridgehead atoms. The van der Waals surface area contributed by atoms with E-state index in [2.05, 4.69) is 20.5 Å². The molecule has 0 spiro atoms. The minimum Gasteiger partial charge on any atom is -0.468 e. The second-order valence-electron chi connectivity index (χ2n) is 14.0. The molecule has 0 radical (unpaired) electrons. The third-order valence-electron chi connectivity index (χ3n) is 9.11. The molecule has 2 aromatic rings. The highest BCUT2D eigenvalue weighted by Gasteiger charge is 2.37. The average Bonchev–Trinajstić information content (AvgIpc) is 3.08. The van der Waals surface area contributed by atoms with Crippen LogP contribution in [0.2, 0.25) is 0 Å². The van der Waals surface area contributed by atoms with Gasteiger partial charge in [-0.05, 0) is 82.6 Å². The maximum Gasteiger partial charge on any atom is 0.410 e. The number of rotatable bonds is 10. The summed E-state index contributed by atoms with van der Waals surface area (Å²) >= 11 is 0. The summed E-state index contributed by atoms with van der Waals surface area (Å²) in [6.07, 6.45) is 3.46. The Kier molecular flexibility index (Phi) is 11.8. The zero-order valence-corrected chi connectivity index (χ0v) is 29.4. The number of methoxy groups -OCH3 is 1. The molecule has 14 heteroatoms. The van der Waals surface area contributed by atoms with E-state index in [9.17, 15) is 19.5 Å². The Labute approximate surface area is 288 Å². The molecule has 268 valence electrons. The molecule has 3 aliphatic heterocycles. The van der Waals surface area contributed by atoms with Gasteiger partial charge in [0.05, 0.1) is 12.1 Å². The van der Waals surface area contributed by atoms with Gasteiger partial charge in [-0.2, -0.15) is 4.98 Å². The summed E-state index contributed by atoms with van der Waals surface area (Å²) in [5, 5.41) is 17.8. The van der Waals surface area contributed by atoms with Gasteiger partial charge in [0.1, 0.15) is 22.9 Å². The van der Waals surface area contributed by atoms with Crippen LogP contribution in [0.25, 0.3) is 0 Å². The number of aliphatic hydroxyl groups excluding tert-OH is 1. The number of hydrogen-bond donors (Lipinski definition) is 3. The average molecular weight is 682 g/mol. The number of fused-ring (bicyclic) bond motifs is 1. The van der Waals surface area contributed by atoms with Crippen LogP contribution >= 0.6 is 0 Å². The zero-order chi connectivity index (χ0) is 35.1. The first kappa shape index (κ1) is 36.1. The zero-order valence-electron chi connectivity index (χ0n) is 29.4. The van der Waals surface area contributed by atoms with Crippen LogP contribution in [-0.2, 0) is 27.2 Å². The van der Waals surface area contributed by atoms with E-state index in [1.54, 1.807) is 40.9 Å². The molecule has 0 saturated carbocycles. The Balaban J connectivity index is 1.31. The summed E-state index contributed by atoms with van der Waals surface area (Å²) in [6, 6.07) is 6.71. The Bertz CT molecular complexity index is 1470. The molecule has 0 aliphatic carbocycles. The first-order valence-electron chi connectivity index (χ1n) is 17.3. The fourth-order valence-corrected chi connectivity index (χ4v) is 6.50. The lowest BCUT2D eigenvalue weighted by molar-refractivity contribution is -0.129. The van der Waals surface area contributed by atoms with Crippen molar-refractivity contribution in [3.63, 3.8) is 0 Å². The maximum atomic E-state index is 13.6. The normalized spacial score (nSPS) is 19.1. The van der Waals surface area contributed by atoms with Crippen LogP contribution in [0.1, 0.15) is 81.4 Å². The van der Waals surface area contributed by atoms with E-state index in [1.165, 1.54) is 4.90 Å². The second-order valence-corrected chi connectivity index (χ2v) is 14.0. The van der Waals surface area contributed by atoms with E-state index in [-0.39, 0.29) is 37.5 Å². The van der Waals surface area contributed by atoms with Crippen molar-refractivity contribution in [2.45, 2.75) is 96.6 Å². The first-order chi connectivity index (χ1) is 23.4. The number of hydrogen-bond acceptors (Lipinski definition) is 11. The van der Waals surface area contributed by atoms with Crippen molar-refractivity contribution in [3.8, 4) is 5.75 Å². The lowest BCUT2D eigenvalue weighted by Crippen LogP contribution is -2.54. The third kappa shape index (κ3) is 9.72. The van der Waals surface area contributed by atoms with Gasteiger partial charge in [-0.15, -0.1) is 0 Å². The van der Waals surface area contributed by atoms with E-state index in [1.807, 2.05) is 23.1 Å². The fraction of sp³-hybridized carbons (Fsp3) is 0.629. The molecule has 3 amide bonds. The highest BCUT2D eigenvalue weighted by Crippen LogP contribution is 2.30. The Morgan fingerprint density at radius 3 is 2.43 bits per heavy atom. The van der Waals surface area contributed by atoms with Crippen molar-refractivity contribution in [2.75, 3.05) is 56.8 Å². The van der Waals surface area contributed by atoms with Crippen LogP contribution in [0.4, 0.5) is 16.6 Å². The molecule has 3 N–H and O–H groups in total. The smallest absolute Gasteiger partial charge is 0.410 e. The fourth-order valence-electron chi connectivity index (χ4n) is 6.50. The topological polar surface area (TPSA) is 159 Å². The molecule has 49 heavy (non-hydrogen) atoms. The van der Waals surface area contributed by atoms with Crippen LogP contribution in [0.15, 0.2) is 24.3 Å². The molecule has 14 nitrogen and oxygen atoms in total. The standard InChI is InChI=1S/C35H51N7O7/c1-23(43)40-15-11-26(12-16-40)37-31-19-28(38-33(39-31)41-13-7-6-8-14-41)32(45)36-20-30(44)29-18-24-9-10-27(48-22-47-5)17-25(24)21-42(29)34(46)49-35(2,3)4/h9-10,17,19,26,29-30,44H,6-8,11-16,18,20-22H2,1-5H3,(H,36,45)(H,37,38,39)/t29-,30+/m0/s1. The largest absolute Gasteiger partial charge is 0.468 e. The first-order valence-corrected chi connectivity index (χ1v) is 17.3. The monoisotopic (exact) mass is 681 g/mol. The lowest BCUT2D eigenvalue weighted by Gasteiger charge is -2.40. The molecule has 2 fully saturated rings. The predicted octanol–water partition coefficient (Wildman–Crippen LogP) is 3.33. The summed E-state index contributed by atoms with van der Waals surface area (Å²) in [6.45, 7) is 10.1. The van der Waals surface area contributed by atoms with Crippen LogP contribution in [0, 0.1) is 0 Å². The SMILES string of the molecule is COCOc1ccc2c(c1)CN(C(=O)OC(C)(C)C)[C@H]([C@H](O)CNC(=O)c1cc(NC3CCN(C(C)=O)CC3)nc(N3CCCCC3)n1)C2. The van der Waals surface area contributed by atoms with Gasteiger partial charge in [-0.1, -0.05) is 6.07 Å². The summed E-state index contributed by atoms with van der Waals surface area (Å²) in [7, 11) is 1.55. The second kappa shape index (κ2) is 16.0. The number of anilines is 2. The number of carbonyl (C=O) groups is 3. The van der Waals surface area contributed by atoms with Crippen molar-refractivity contribution in [1.82, 2.24) is 25.1 Å². The minimum atomic E-state index is -1.10. The molecule has 1 aromatic carbocycles. The maximum absolute atomic E-state index is 13.6. The number of carbonyl (C=O) groups excluding carboxylic acids is 3. The van der Waals surface area contributed by atoms with Gasteiger partial charge < -0.3 is 39.8 Å². The molecular formula is C35H51N7O7. The number of benzene rings is 1. The number of likely N-dealkylation sites (tertiary alicyclic amines) is 1. The third-order valence-corrected chi connectivity index (χ3v) is 9.11. The van der Waals surface area contributed by atoms with Crippen molar-refractivity contribution in [2.24, 2.45) is 0 Å².